The van der Waals surface area contributed by atoms with E-state index in [0.717, 1.165) is 14.2 Å². The van der Waals surface area contributed by atoms with Gasteiger partial charge < -0.3 is 4.89 Å². The van der Waals surface area contributed by atoms with E-state index in [1.807, 2.05) is 0 Å². The second-order valence-electron chi connectivity index (χ2n) is 0.834. The van der Waals surface area contributed by atoms with E-state index in [9.17, 15) is 4.57 Å². The van der Waals surface area contributed by atoms with Crippen LogP contribution in [0.2, 0.25) is 0 Å². The number of hydrogen-bond donors (Lipinski definition) is 1. The predicted octanol–water partition coefficient (Wildman–Crippen LogP) is -0.804. The van der Waals surface area contributed by atoms with Crippen molar-refractivity contribution in [2.45, 2.75) is 0 Å². The maximum atomic E-state index is 10.1. The van der Waals surface area contributed by atoms with Crippen molar-refractivity contribution in [3.05, 3.63) is 0 Å². The summed E-state index contributed by atoms with van der Waals surface area (Å²) >= 11 is 0. The molecule has 8 heavy (non-hydrogen) atoms. The summed E-state index contributed by atoms with van der Waals surface area (Å²) in [5, 5.41) is 0. The van der Waals surface area contributed by atoms with Gasteiger partial charge in [0.2, 0.25) is 0 Å². The summed E-state index contributed by atoms with van der Waals surface area (Å²) in [5.41, 5.74) is 0. The van der Waals surface area contributed by atoms with Crippen LogP contribution in [0.25, 0.3) is 0 Å². The van der Waals surface area contributed by atoms with Gasteiger partial charge in [-0.3, -0.25) is 9.05 Å². The van der Waals surface area contributed by atoms with Gasteiger partial charge in [0.25, 0.3) is 0 Å². The Morgan fingerprint density at radius 2 is 1.62 bits per heavy atom. The summed E-state index contributed by atoms with van der Waals surface area (Å²) < 4.78 is 18.0. The molecule has 0 heterocycles. The molecule has 0 aliphatic heterocycles. The van der Waals surface area contributed by atoms with E-state index >= 15 is 0 Å². The summed E-state index contributed by atoms with van der Waals surface area (Å²) in [5.74, 6) is 0. The molecule has 0 saturated carbocycles. The molecular weight excluding hydrogens is 194 g/mol. The van der Waals surface area contributed by atoms with Gasteiger partial charge in [-0.1, -0.05) is 0 Å². The summed E-state index contributed by atoms with van der Waals surface area (Å²) in [6.07, 6.45) is 0. The third-order valence-electron chi connectivity index (χ3n) is 0.461. The van der Waals surface area contributed by atoms with E-state index in [0.29, 0.717) is 0 Å². The molecule has 1 N–H and O–H groups in total. The molecule has 4 nitrogen and oxygen atoms in total. The molecule has 0 aliphatic carbocycles. The molecule has 0 aliphatic rings. The Morgan fingerprint density at radius 1 is 1.38 bits per heavy atom. The molecular formula is C2H10AsO4P. The third kappa shape index (κ3) is 4.82. The van der Waals surface area contributed by atoms with Gasteiger partial charge in [0.05, 0.1) is 0 Å². The van der Waals surface area contributed by atoms with Crippen molar-refractivity contribution >= 4 is 25.8 Å². The topological polar surface area (TPSA) is 55.8 Å². The normalized spacial score (nSPS) is 10.4. The summed E-state index contributed by atoms with van der Waals surface area (Å²) in [6, 6.07) is 0. The van der Waals surface area contributed by atoms with E-state index in [4.69, 9.17) is 4.89 Å². The second kappa shape index (κ2) is 4.54. The van der Waals surface area contributed by atoms with Crippen LogP contribution in [-0.2, 0) is 13.6 Å². The first-order valence-corrected chi connectivity index (χ1v) is 3.06. The molecule has 0 aromatic rings. The molecule has 0 amide bonds. The van der Waals surface area contributed by atoms with Gasteiger partial charge in [0.1, 0.15) is 0 Å². The first-order chi connectivity index (χ1) is 3.12. The average molecular weight is 204 g/mol. The average Bonchev–Trinajstić information content (AvgIpc) is 1.68. The van der Waals surface area contributed by atoms with E-state index in [1.165, 1.54) is 0 Å². The summed E-state index contributed by atoms with van der Waals surface area (Å²) in [7, 11) is -1.45. The number of phosphoric acid groups is 1. The SMILES string of the molecule is COP(=O)(O)OC.[AsH3]. The Morgan fingerprint density at radius 3 is 1.62 bits per heavy atom. The van der Waals surface area contributed by atoms with Crippen molar-refractivity contribution in [2.75, 3.05) is 14.2 Å². The van der Waals surface area contributed by atoms with Crippen molar-refractivity contribution in [3.63, 3.8) is 0 Å². The first-order valence-electron chi connectivity index (χ1n) is 1.56. The Bertz CT molecular complexity index is 86.0. The van der Waals surface area contributed by atoms with Crippen molar-refractivity contribution < 1.29 is 18.5 Å². The Labute approximate surface area is 59.1 Å². The molecule has 0 rings (SSSR count). The number of hydrogen-bond acceptors (Lipinski definition) is 3. The standard InChI is InChI=1S/C2H7O4P.AsH3/c1-5-7(3,4)6-2;/h1-2H3,(H,3,4);1H3. The van der Waals surface area contributed by atoms with Gasteiger partial charge in [-0.05, 0) is 0 Å². The van der Waals surface area contributed by atoms with Gasteiger partial charge in [-0.25, -0.2) is 4.57 Å². The summed E-state index contributed by atoms with van der Waals surface area (Å²) in [6.45, 7) is 0. The number of phosphoric ester groups is 1. The number of rotatable bonds is 2. The van der Waals surface area contributed by atoms with E-state index in [1.54, 1.807) is 0 Å². The molecule has 0 aromatic heterocycles. The maximum absolute atomic E-state index is 10.1. The van der Waals surface area contributed by atoms with Crippen molar-refractivity contribution in [1.82, 2.24) is 0 Å². The molecule has 0 spiro atoms. The zero-order valence-corrected chi connectivity index (χ0v) is 8.69. The van der Waals surface area contributed by atoms with Crippen LogP contribution in [0.4, 0.5) is 0 Å². The van der Waals surface area contributed by atoms with Crippen molar-refractivity contribution in [1.29, 1.82) is 0 Å². The molecule has 1 atom stereocenters. The Kier molecular flexibility index (Phi) is 6.50. The Hall–Kier alpha value is 0.668. The van der Waals surface area contributed by atoms with Gasteiger partial charge in [-0.2, -0.15) is 0 Å². The fourth-order valence-corrected chi connectivity index (χ4v) is 0.224. The third-order valence-corrected chi connectivity index (χ3v) is 1.38. The van der Waals surface area contributed by atoms with Gasteiger partial charge >= 0.3 is 25.8 Å². The zero-order valence-electron chi connectivity index (χ0n) is 4.83. The molecule has 1 unspecified atom stereocenters. The first kappa shape index (κ1) is 11.5. The van der Waals surface area contributed by atoms with Crippen LogP contribution < -0.4 is 0 Å². The van der Waals surface area contributed by atoms with Crippen LogP contribution in [-0.4, -0.2) is 37.1 Å². The molecule has 0 radical (unpaired) electrons. The van der Waals surface area contributed by atoms with Crippen LogP contribution in [0.3, 0.4) is 0 Å². The molecule has 0 bridgehead atoms. The van der Waals surface area contributed by atoms with Gasteiger partial charge in [0.15, 0.2) is 0 Å². The molecule has 0 aromatic carbocycles. The fraction of sp³-hybridized carbons (Fsp3) is 1.00. The molecule has 6 heteroatoms. The Balaban J connectivity index is 0. The molecule has 0 fully saturated rings. The van der Waals surface area contributed by atoms with E-state index in [2.05, 4.69) is 9.05 Å². The zero-order chi connectivity index (χ0) is 5.91. The van der Waals surface area contributed by atoms with Crippen LogP contribution in [0.5, 0.6) is 0 Å². The van der Waals surface area contributed by atoms with Crippen LogP contribution in [0, 0.1) is 0 Å². The quantitative estimate of drug-likeness (QED) is 0.472. The minimum atomic E-state index is -3.65. The molecule has 52 valence electrons. The van der Waals surface area contributed by atoms with Crippen LogP contribution in [0.15, 0.2) is 0 Å². The van der Waals surface area contributed by atoms with Crippen molar-refractivity contribution in [3.8, 4) is 0 Å². The minimum absolute atomic E-state index is 0. The van der Waals surface area contributed by atoms with Crippen LogP contribution in [0.1, 0.15) is 0 Å². The van der Waals surface area contributed by atoms with Crippen LogP contribution >= 0.6 is 7.82 Å². The predicted molar refractivity (Wildman–Crippen MR) is 33.8 cm³/mol. The van der Waals surface area contributed by atoms with Gasteiger partial charge in [0, 0.05) is 14.2 Å². The van der Waals surface area contributed by atoms with E-state index in [-0.39, 0.29) is 18.0 Å². The van der Waals surface area contributed by atoms with Gasteiger partial charge in [-0.15, -0.1) is 0 Å². The van der Waals surface area contributed by atoms with E-state index < -0.39 is 7.82 Å². The molecule has 0 saturated heterocycles. The second-order valence-corrected chi connectivity index (χ2v) is 2.50. The van der Waals surface area contributed by atoms with Crippen molar-refractivity contribution in [2.24, 2.45) is 0 Å². The monoisotopic (exact) mass is 204 g/mol. The summed E-state index contributed by atoms with van der Waals surface area (Å²) in [4.78, 5) is 8.24. The fourth-order valence-electron chi connectivity index (χ4n) is 0.0745.